The van der Waals surface area contributed by atoms with Gasteiger partial charge in [-0.2, -0.15) is 0 Å². The van der Waals surface area contributed by atoms with E-state index in [0.29, 0.717) is 28.5 Å². The van der Waals surface area contributed by atoms with E-state index in [1.54, 1.807) is 49.4 Å². The zero-order chi connectivity index (χ0) is 22.8. The molecular formula is C24H21N3O4S. The average molecular weight is 448 g/mol. The number of aliphatic hydroxyl groups is 1. The summed E-state index contributed by atoms with van der Waals surface area (Å²) in [6.45, 7) is 7.65. The molecule has 1 aliphatic heterocycles. The van der Waals surface area contributed by atoms with E-state index in [9.17, 15) is 14.7 Å². The van der Waals surface area contributed by atoms with E-state index in [0.717, 1.165) is 5.56 Å². The number of aliphatic hydroxyl groups excluding tert-OH is 1. The fourth-order valence-electron chi connectivity index (χ4n) is 3.53. The molecule has 1 aromatic heterocycles. The number of ether oxygens (including phenoxy) is 1. The first-order valence-corrected chi connectivity index (χ1v) is 10.7. The summed E-state index contributed by atoms with van der Waals surface area (Å²) in [5.41, 5.74) is 2.06. The van der Waals surface area contributed by atoms with Gasteiger partial charge in [-0.05, 0) is 31.5 Å². The van der Waals surface area contributed by atoms with Crippen molar-refractivity contribution in [3.8, 4) is 5.75 Å². The Morgan fingerprint density at radius 1 is 1.19 bits per heavy atom. The Kier molecular flexibility index (Phi) is 5.87. The van der Waals surface area contributed by atoms with Gasteiger partial charge in [0.2, 0.25) is 5.13 Å². The van der Waals surface area contributed by atoms with Crippen LogP contribution >= 0.6 is 11.3 Å². The van der Waals surface area contributed by atoms with E-state index >= 15 is 0 Å². The molecule has 0 spiro atoms. The molecule has 0 aliphatic carbocycles. The summed E-state index contributed by atoms with van der Waals surface area (Å²) in [7, 11) is 0. The van der Waals surface area contributed by atoms with Crippen LogP contribution in [0.5, 0.6) is 5.75 Å². The second-order valence-corrected chi connectivity index (χ2v) is 8.47. The summed E-state index contributed by atoms with van der Waals surface area (Å²) in [6.07, 6.45) is 1.63. The molecule has 1 unspecified atom stereocenters. The highest BCUT2D eigenvalue weighted by atomic mass is 32.1. The van der Waals surface area contributed by atoms with E-state index in [4.69, 9.17) is 4.74 Å². The highest BCUT2D eigenvalue weighted by Gasteiger charge is 2.48. The molecule has 2 heterocycles. The number of anilines is 1. The third-order valence-electron chi connectivity index (χ3n) is 5.03. The second-order valence-electron chi connectivity index (χ2n) is 7.31. The van der Waals surface area contributed by atoms with Crippen LogP contribution in [-0.2, 0) is 9.59 Å². The lowest BCUT2D eigenvalue weighted by Gasteiger charge is -2.23. The standard InChI is InChI=1S/C24H21N3O4S/c1-4-12-31-18-7-5-6-17(13-18)20-19(21(28)16-10-8-14(2)9-11-16)22(29)23(30)27(20)24-26-25-15(3)32-24/h4-11,13,20,28H,1,12H2,2-3H3. The van der Waals surface area contributed by atoms with Gasteiger partial charge in [0, 0.05) is 5.56 Å². The zero-order valence-corrected chi connectivity index (χ0v) is 18.4. The monoisotopic (exact) mass is 447 g/mol. The molecule has 3 aromatic rings. The lowest BCUT2D eigenvalue weighted by molar-refractivity contribution is -0.132. The Labute approximate surface area is 189 Å². The number of hydrogen-bond acceptors (Lipinski definition) is 7. The molecule has 0 saturated carbocycles. The molecule has 0 bridgehead atoms. The Hall–Kier alpha value is -3.78. The SMILES string of the molecule is C=CCOc1cccc(C2C(=C(O)c3ccc(C)cc3)C(=O)C(=O)N2c2nnc(C)s2)c1. The number of ketones is 1. The molecule has 162 valence electrons. The molecule has 4 rings (SSSR count). The summed E-state index contributed by atoms with van der Waals surface area (Å²) in [6, 6.07) is 13.3. The lowest BCUT2D eigenvalue weighted by atomic mass is 9.95. The van der Waals surface area contributed by atoms with Crippen LogP contribution in [0.25, 0.3) is 5.76 Å². The molecule has 1 N–H and O–H groups in total. The van der Waals surface area contributed by atoms with E-state index in [1.807, 2.05) is 19.1 Å². The van der Waals surface area contributed by atoms with Gasteiger partial charge in [-0.25, -0.2) is 0 Å². The van der Waals surface area contributed by atoms with Crippen molar-refractivity contribution in [1.82, 2.24) is 10.2 Å². The Bertz CT molecular complexity index is 1230. The topological polar surface area (TPSA) is 92.6 Å². The van der Waals surface area contributed by atoms with Crippen LogP contribution < -0.4 is 9.64 Å². The van der Waals surface area contributed by atoms with Gasteiger partial charge in [-0.1, -0.05) is 66.0 Å². The number of rotatable bonds is 6. The minimum absolute atomic E-state index is 0.00687. The van der Waals surface area contributed by atoms with Crippen LogP contribution in [0.4, 0.5) is 5.13 Å². The van der Waals surface area contributed by atoms with Crippen molar-refractivity contribution in [2.24, 2.45) is 0 Å². The van der Waals surface area contributed by atoms with Crippen LogP contribution in [-0.4, -0.2) is 33.6 Å². The molecule has 1 saturated heterocycles. The maximum atomic E-state index is 13.1. The third-order valence-corrected chi connectivity index (χ3v) is 5.87. The van der Waals surface area contributed by atoms with Crippen molar-refractivity contribution < 1.29 is 19.4 Å². The number of hydrogen-bond donors (Lipinski definition) is 1. The van der Waals surface area contributed by atoms with Gasteiger partial charge in [-0.15, -0.1) is 10.2 Å². The van der Waals surface area contributed by atoms with E-state index in [2.05, 4.69) is 16.8 Å². The fraction of sp³-hybridized carbons (Fsp3) is 0.167. The van der Waals surface area contributed by atoms with Gasteiger partial charge in [0.25, 0.3) is 5.78 Å². The maximum Gasteiger partial charge on any atom is 0.301 e. The van der Waals surface area contributed by atoms with E-state index in [1.165, 1.54) is 16.2 Å². The highest BCUT2D eigenvalue weighted by Crippen LogP contribution is 2.43. The molecule has 1 fully saturated rings. The lowest BCUT2D eigenvalue weighted by Crippen LogP contribution is -2.29. The van der Waals surface area contributed by atoms with Crippen molar-refractivity contribution >= 4 is 33.9 Å². The molecule has 2 aromatic carbocycles. The quantitative estimate of drug-likeness (QED) is 0.261. The summed E-state index contributed by atoms with van der Waals surface area (Å²) in [4.78, 5) is 27.5. The first kappa shape index (κ1) is 21.5. The number of carbonyl (C=O) groups excluding carboxylic acids is 2. The molecular weight excluding hydrogens is 426 g/mol. The van der Waals surface area contributed by atoms with Crippen molar-refractivity contribution in [2.45, 2.75) is 19.9 Å². The van der Waals surface area contributed by atoms with Gasteiger partial charge in [0.1, 0.15) is 23.1 Å². The van der Waals surface area contributed by atoms with Crippen LogP contribution in [0.2, 0.25) is 0 Å². The molecule has 1 amide bonds. The summed E-state index contributed by atoms with van der Waals surface area (Å²) >= 11 is 1.20. The molecule has 7 nitrogen and oxygen atoms in total. The van der Waals surface area contributed by atoms with Crippen molar-refractivity contribution in [1.29, 1.82) is 0 Å². The fourth-order valence-corrected chi connectivity index (χ4v) is 4.24. The number of carbonyl (C=O) groups is 2. The largest absolute Gasteiger partial charge is 0.507 e. The van der Waals surface area contributed by atoms with Crippen LogP contribution in [0.1, 0.15) is 27.7 Å². The molecule has 32 heavy (non-hydrogen) atoms. The minimum Gasteiger partial charge on any atom is -0.507 e. The number of amides is 1. The Morgan fingerprint density at radius 3 is 2.59 bits per heavy atom. The Morgan fingerprint density at radius 2 is 1.94 bits per heavy atom. The molecule has 1 atom stereocenters. The number of aryl methyl sites for hydroxylation is 2. The van der Waals surface area contributed by atoms with Crippen LogP contribution in [0.3, 0.4) is 0 Å². The summed E-state index contributed by atoms with van der Waals surface area (Å²) in [5, 5.41) is 20.1. The van der Waals surface area contributed by atoms with E-state index < -0.39 is 17.7 Å². The predicted octanol–water partition coefficient (Wildman–Crippen LogP) is 4.35. The van der Waals surface area contributed by atoms with Gasteiger partial charge in [0.05, 0.1) is 11.6 Å². The number of Topliss-reactive ketones (excluding diaryl/α,β-unsaturated/α-hetero) is 1. The van der Waals surface area contributed by atoms with Crippen LogP contribution in [0, 0.1) is 13.8 Å². The summed E-state index contributed by atoms with van der Waals surface area (Å²) < 4.78 is 5.64. The van der Waals surface area contributed by atoms with Crippen molar-refractivity contribution in [3.63, 3.8) is 0 Å². The van der Waals surface area contributed by atoms with E-state index in [-0.39, 0.29) is 16.5 Å². The van der Waals surface area contributed by atoms with Crippen LogP contribution in [0.15, 0.2) is 66.8 Å². The predicted molar refractivity (Wildman–Crippen MR) is 123 cm³/mol. The van der Waals surface area contributed by atoms with Gasteiger partial charge < -0.3 is 9.84 Å². The molecule has 8 heteroatoms. The molecule has 0 radical (unpaired) electrons. The summed E-state index contributed by atoms with van der Waals surface area (Å²) in [5.74, 6) is -1.23. The van der Waals surface area contributed by atoms with Crippen molar-refractivity contribution in [2.75, 3.05) is 11.5 Å². The average Bonchev–Trinajstić information content (AvgIpc) is 3.33. The normalized spacial score (nSPS) is 17.6. The number of benzene rings is 2. The maximum absolute atomic E-state index is 13.1. The second kappa shape index (κ2) is 8.76. The van der Waals surface area contributed by atoms with Gasteiger partial charge in [-0.3, -0.25) is 14.5 Å². The zero-order valence-electron chi connectivity index (χ0n) is 17.6. The number of nitrogens with zero attached hydrogens (tertiary/aromatic N) is 3. The number of aromatic nitrogens is 2. The van der Waals surface area contributed by atoms with Crippen molar-refractivity contribution in [3.05, 3.63) is 88.5 Å². The third kappa shape index (κ3) is 3.92. The minimum atomic E-state index is -0.879. The first-order valence-electron chi connectivity index (χ1n) is 9.92. The van der Waals surface area contributed by atoms with Gasteiger partial charge >= 0.3 is 5.91 Å². The first-order chi connectivity index (χ1) is 15.4. The highest BCUT2D eigenvalue weighted by molar-refractivity contribution is 7.15. The van der Waals surface area contributed by atoms with Gasteiger partial charge in [0.15, 0.2) is 0 Å². The Balaban J connectivity index is 1.90. The molecule has 1 aliphatic rings. The smallest absolute Gasteiger partial charge is 0.301 e.